The lowest BCUT2D eigenvalue weighted by Crippen LogP contribution is -2.49. The Morgan fingerprint density at radius 1 is 1.32 bits per heavy atom. The van der Waals surface area contributed by atoms with Gasteiger partial charge in [-0.2, -0.15) is 0 Å². The highest BCUT2D eigenvalue weighted by atomic mass is 35.5. The Balaban J connectivity index is 0.00000225. The predicted octanol–water partition coefficient (Wildman–Crippen LogP) is 2.49. The molecule has 136 valence electrons. The first-order valence-corrected chi connectivity index (χ1v) is 8.62. The number of piperidine rings is 1. The lowest BCUT2D eigenvalue weighted by molar-refractivity contribution is -0.130. The summed E-state index contributed by atoms with van der Waals surface area (Å²) in [5, 5.41) is 6.51. The van der Waals surface area contributed by atoms with Crippen LogP contribution in [0, 0.1) is 5.92 Å². The highest BCUT2D eigenvalue weighted by Gasteiger charge is 2.30. The van der Waals surface area contributed by atoms with E-state index < -0.39 is 0 Å². The third-order valence-corrected chi connectivity index (χ3v) is 4.98. The van der Waals surface area contributed by atoms with Crippen molar-refractivity contribution in [2.75, 3.05) is 13.1 Å². The van der Waals surface area contributed by atoms with Crippen LogP contribution in [0.5, 0.6) is 0 Å². The van der Waals surface area contributed by atoms with E-state index >= 15 is 0 Å². The van der Waals surface area contributed by atoms with Crippen LogP contribution in [0.3, 0.4) is 0 Å². The van der Waals surface area contributed by atoms with Crippen LogP contribution >= 0.6 is 12.4 Å². The lowest BCUT2D eigenvalue weighted by atomic mass is 9.92. The molecule has 6 heteroatoms. The van der Waals surface area contributed by atoms with E-state index in [1.807, 2.05) is 30.3 Å². The number of rotatable bonds is 3. The highest BCUT2D eigenvalue weighted by Crippen LogP contribution is 2.32. The molecule has 0 spiro atoms. The van der Waals surface area contributed by atoms with Crippen molar-refractivity contribution in [1.82, 2.24) is 15.5 Å². The summed E-state index contributed by atoms with van der Waals surface area (Å²) >= 11 is 0. The third kappa shape index (κ3) is 4.41. The molecular formula is C19H26ClN3O2. The van der Waals surface area contributed by atoms with Crippen molar-refractivity contribution in [3.8, 4) is 0 Å². The number of benzene rings is 1. The van der Waals surface area contributed by atoms with Crippen LogP contribution in [0.25, 0.3) is 6.08 Å². The number of nitrogens with one attached hydrogen (secondary N) is 2. The first-order chi connectivity index (χ1) is 11.6. The van der Waals surface area contributed by atoms with Gasteiger partial charge in [0, 0.05) is 19.2 Å². The molecule has 1 aromatic rings. The first kappa shape index (κ1) is 19.5. The molecule has 0 radical (unpaired) electrons. The number of carbonyl (C=O) groups is 2. The zero-order valence-corrected chi connectivity index (χ0v) is 15.5. The van der Waals surface area contributed by atoms with Gasteiger partial charge in [-0.05, 0) is 42.6 Å². The summed E-state index contributed by atoms with van der Waals surface area (Å²) in [7, 11) is 0. The van der Waals surface area contributed by atoms with Gasteiger partial charge in [-0.3, -0.25) is 9.59 Å². The van der Waals surface area contributed by atoms with Gasteiger partial charge in [0.05, 0.1) is 12.5 Å². The Morgan fingerprint density at radius 3 is 2.80 bits per heavy atom. The Morgan fingerprint density at radius 2 is 2.08 bits per heavy atom. The summed E-state index contributed by atoms with van der Waals surface area (Å²) in [5.74, 6) is 0.383. The maximum Gasteiger partial charge on any atom is 0.223 e. The van der Waals surface area contributed by atoms with Gasteiger partial charge in [0.25, 0.3) is 0 Å². The van der Waals surface area contributed by atoms with Crippen LogP contribution in [-0.4, -0.2) is 35.8 Å². The van der Waals surface area contributed by atoms with Gasteiger partial charge in [0.2, 0.25) is 11.8 Å². The molecule has 1 fully saturated rings. The molecule has 5 nitrogen and oxygen atoms in total. The minimum atomic E-state index is -0.235. The Bertz CT molecular complexity index is 662. The molecule has 3 atom stereocenters. The molecule has 2 aliphatic heterocycles. The van der Waals surface area contributed by atoms with Crippen LogP contribution in [0.1, 0.15) is 43.9 Å². The second kappa shape index (κ2) is 8.50. The fourth-order valence-electron chi connectivity index (χ4n) is 3.58. The summed E-state index contributed by atoms with van der Waals surface area (Å²) in [5.41, 5.74) is 2.10. The minimum Gasteiger partial charge on any atom is -0.353 e. The van der Waals surface area contributed by atoms with Gasteiger partial charge in [-0.15, -0.1) is 12.4 Å². The van der Waals surface area contributed by atoms with E-state index in [1.54, 1.807) is 11.1 Å². The van der Waals surface area contributed by atoms with Gasteiger partial charge >= 0.3 is 0 Å². The quantitative estimate of drug-likeness (QED) is 0.867. The smallest absolute Gasteiger partial charge is 0.223 e. The van der Waals surface area contributed by atoms with Crippen LogP contribution in [0.15, 0.2) is 30.5 Å². The second-order valence-electron chi connectivity index (χ2n) is 6.73. The molecule has 1 saturated heterocycles. The number of fused-ring (bicyclic) bond motifs is 1. The van der Waals surface area contributed by atoms with E-state index in [1.165, 1.54) is 6.92 Å². The Kier molecular flexibility index (Phi) is 6.62. The Hall–Kier alpha value is -1.85. The van der Waals surface area contributed by atoms with E-state index in [-0.39, 0.29) is 42.7 Å². The topological polar surface area (TPSA) is 61.4 Å². The maximum absolute atomic E-state index is 12.6. The van der Waals surface area contributed by atoms with Gasteiger partial charge in [0.1, 0.15) is 0 Å². The number of nitrogens with zero attached hydrogens (tertiary/aromatic N) is 1. The summed E-state index contributed by atoms with van der Waals surface area (Å²) in [6, 6.07) is 7.92. The molecule has 0 saturated carbocycles. The molecule has 2 aliphatic rings. The molecule has 1 aromatic carbocycles. The van der Waals surface area contributed by atoms with E-state index in [0.29, 0.717) is 5.92 Å². The van der Waals surface area contributed by atoms with Gasteiger partial charge < -0.3 is 15.5 Å². The fraction of sp³-hybridized carbons (Fsp3) is 0.474. The van der Waals surface area contributed by atoms with Crippen LogP contribution in [0.4, 0.5) is 0 Å². The van der Waals surface area contributed by atoms with E-state index in [0.717, 1.165) is 30.6 Å². The number of amides is 2. The van der Waals surface area contributed by atoms with Crippen molar-refractivity contribution in [3.05, 3.63) is 41.6 Å². The van der Waals surface area contributed by atoms with Gasteiger partial charge in [0.15, 0.2) is 0 Å². The zero-order chi connectivity index (χ0) is 17.1. The maximum atomic E-state index is 12.6. The first-order valence-electron chi connectivity index (χ1n) is 8.62. The molecular weight excluding hydrogens is 338 g/mol. The van der Waals surface area contributed by atoms with Crippen LogP contribution < -0.4 is 10.6 Å². The van der Waals surface area contributed by atoms with Crippen LogP contribution in [0.2, 0.25) is 0 Å². The van der Waals surface area contributed by atoms with E-state index in [4.69, 9.17) is 0 Å². The average Bonchev–Trinajstić information content (AvgIpc) is 2.57. The molecule has 3 unspecified atom stereocenters. The van der Waals surface area contributed by atoms with Gasteiger partial charge in [-0.25, -0.2) is 0 Å². The van der Waals surface area contributed by atoms with Crippen molar-refractivity contribution in [1.29, 1.82) is 0 Å². The minimum absolute atomic E-state index is 0. The molecule has 0 bridgehead atoms. The summed E-state index contributed by atoms with van der Waals surface area (Å²) in [6.45, 7) is 5.55. The molecule has 3 rings (SSSR count). The molecule has 2 heterocycles. The highest BCUT2D eigenvalue weighted by molar-refractivity contribution is 5.85. The number of carbonyl (C=O) groups excluding carboxylic acids is 2. The summed E-state index contributed by atoms with van der Waals surface area (Å²) < 4.78 is 0. The number of hydrogen-bond donors (Lipinski definition) is 2. The second-order valence-corrected chi connectivity index (χ2v) is 6.73. The van der Waals surface area contributed by atoms with Crippen molar-refractivity contribution in [3.63, 3.8) is 0 Å². The van der Waals surface area contributed by atoms with Crippen molar-refractivity contribution in [2.24, 2.45) is 5.92 Å². The van der Waals surface area contributed by atoms with Crippen molar-refractivity contribution >= 4 is 30.3 Å². The zero-order valence-electron chi connectivity index (χ0n) is 14.7. The van der Waals surface area contributed by atoms with E-state index in [9.17, 15) is 9.59 Å². The molecule has 25 heavy (non-hydrogen) atoms. The summed E-state index contributed by atoms with van der Waals surface area (Å²) in [6.07, 6.45) is 4.96. The molecule has 2 N–H and O–H groups in total. The third-order valence-electron chi connectivity index (χ3n) is 4.98. The van der Waals surface area contributed by atoms with Crippen LogP contribution in [-0.2, 0) is 9.59 Å². The lowest BCUT2D eigenvalue weighted by Gasteiger charge is -2.34. The number of hydrogen-bond acceptors (Lipinski definition) is 3. The number of halogens is 1. The monoisotopic (exact) mass is 363 g/mol. The largest absolute Gasteiger partial charge is 0.353 e. The SMILES string of the molecule is CC(=O)N1C=Cc2ccccc2C1CC(=O)NC1CCNCC1C.Cl. The van der Waals surface area contributed by atoms with Gasteiger partial charge in [-0.1, -0.05) is 31.2 Å². The normalized spacial score (nSPS) is 24.9. The van der Waals surface area contributed by atoms with Crippen molar-refractivity contribution < 1.29 is 9.59 Å². The van der Waals surface area contributed by atoms with E-state index in [2.05, 4.69) is 17.6 Å². The fourth-order valence-corrected chi connectivity index (χ4v) is 3.58. The molecule has 0 aliphatic carbocycles. The molecule has 2 amide bonds. The Labute approximate surface area is 155 Å². The summed E-state index contributed by atoms with van der Waals surface area (Å²) in [4.78, 5) is 26.2. The van der Waals surface area contributed by atoms with Crippen molar-refractivity contribution in [2.45, 2.75) is 38.8 Å². The predicted molar refractivity (Wildman–Crippen MR) is 101 cm³/mol. The molecule has 0 aromatic heterocycles. The standard InChI is InChI=1S/C19H25N3O2.ClH/c1-13-12-20-9-7-17(13)21-19(24)11-18-16-6-4-3-5-15(16)8-10-22(18)14(2)23;/h3-6,8,10,13,17-18,20H,7,9,11-12H2,1-2H3,(H,21,24);1H. The average molecular weight is 364 g/mol.